The maximum Gasteiger partial charge on any atom is 0.251 e. The number of rotatable bonds is 6. The summed E-state index contributed by atoms with van der Waals surface area (Å²) >= 11 is 0. The van der Waals surface area contributed by atoms with E-state index in [4.69, 9.17) is 0 Å². The molecule has 5 heteroatoms. The molecule has 0 saturated carbocycles. The molecule has 1 aromatic rings. The second-order valence-corrected chi connectivity index (χ2v) is 5.72. The van der Waals surface area contributed by atoms with Crippen LogP contribution in [0.5, 0.6) is 0 Å². The van der Waals surface area contributed by atoms with Gasteiger partial charge in [0.25, 0.3) is 5.91 Å². The lowest BCUT2D eigenvalue weighted by molar-refractivity contribution is -0.117. The number of carbonyl (C=O) groups is 2. The van der Waals surface area contributed by atoms with Crippen LogP contribution in [0.4, 0.5) is 5.69 Å². The Kier molecular flexibility index (Phi) is 6.40. The number of carbonyl (C=O) groups excluding carboxylic acids is 2. The van der Waals surface area contributed by atoms with Gasteiger partial charge in [-0.25, -0.2) is 0 Å². The second-order valence-electron chi connectivity index (χ2n) is 5.72. The number of nitrogens with zero attached hydrogens (tertiary/aromatic N) is 1. The van der Waals surface area contributed by atoms with Gasteiger partial charge < -0.3 is 10.6 Å². The third-order valence-electron chi connectivity index (χ3n) is 3.76. The summed E-state index contributed by atoms with van der Waals surface area (Å²) in [5.41, 5.74) is 1.25. The average Bonchev–Trinajstić information content (AvgIpc) is 2.53. The normalized spacial score (nSPS) is 15.3. The van der Waals surface area contributed by atoms with E-state index in [1.807, 2.05) is 13.0 Å². The molecule has 1 fully saturated rings. The van der Waals surface area contributed by atoms with Gasteiger partial charge in [-0.1, -0.05) is 19.4 Å². The summed E-state index contributed by atoms with van der Waals surface area (Å²) in [7, 11) is 0. The predicted octanol–water partition coefficient (Wildman–Crippen LogP) is 2.25. The first-order chi connectivity index (χ1) is 10.7. The fourth-order valence-corrected chi connectivity index (χ4v) is 2.60. The van der Waals surface area contributed by atoms with Crippen molar-refractivity contribution >= 4 is 17.5 Å². The second kappa shape index (κ2) is 8.54. The number of piperidine rings is 1. The van der Waals surface area contributed by atoms with E-state index in [1.165, 1.54) is 19.3 Å². The van der Waals surface area contributed by atoms with Gasteiger partial charge >= 0.3 is 0 Å². The van der Waals surface area contributed by atoms with Crippen LogP contribution in [0.25, 0.3) is 0 Å². The molecule has 1 heterocycles. The van der Waals surface area contributed by atoms with Crippen LogP contribution in [0, 0.1) is 0 Å². The number of amides is 2. The van der Waals surface area contributed by atoms with Crippen LogP contribution in [0.3, 0.4) is 0 Å². The maximum absolute atomic E-state index is 12.1. The number of anilines is 1. The Morgan fingerprint density at radius 1 is 1.18 bits per heavy atom. The topological polar surface area (TPSA) is 61.4 Å². The van der Waals surface area contributed by atoms with E-state index in [9.17, 15) is 9.59 Å². The minimum atomic E-state index is -0.103. The van der Waals surface area contributed by atoms with Crippen LogP contribution >= 0.6 is 0 Å². The summed E-state index contributed by atoms with van der Waals surface area (Å²) < 4.78 is 0. The molecule has 2 rings (SSSR count). The quantitative estimate of drug-likeness (QED) is 0.847. The van der Waals surface area contributed by atoms with Crippen molar-refractivity contribution in [1.82, 2.24) is 10.2 Å². The van der Waals surface area contributed by atoms with Crippen molar-refractivity contribution in [2.45, 2.75) is 32.6 Å². The molecule has 0 bridgehead atoms. The highest BCUT2D eigenvalue weighted by molar-refractivity contribution is 5.97. The van der Waals surface area contributed by atoms with E-state index < -0.39 is 0 Å². The van der Waals surface area contributed by atoms with Crippen molar-refractivity contribution in [3.63, 3.8) is 0 Å². The van der Waals surface area contributed by atoms with E-state index in [1.54, 1.807) is 18.2 Å². The molecular weight excluding hydrogens is 278 g/mol. The predicted molar refractivity (Wildman–Crippen MR) is 88.0 cm³/mol. The van der Waals surface area contributed by atoms with Crippen LogP contribution in [0.15, 0.2) is 24.3 Å². The fourth-order valence-electron chi connectivity index (χ4n) is 2.60. The van der Waals surface area contributed by atoms with Gasteiger partial charge in [0, 0.05) is 17.8 Å². The lowest BCUT2D eigenvalue weighted by Crippen LogP contribution is -2.36. The smallest absolute Gasteiger partial charge is 0.251 e. The molecule has 0 spiro atoms. The van der Waals surface area contributed by atoms with Crippen molar-refractivity contribution in [2.24, 2.45) is 0 Å². The van der Waals surface area contributed by atoms with Crippen molar-refractivity contribution in [3.05, 3.63) is 29.8 Å². The van der Waals surface area contributed by atoms with Crippen molar-refractivity contribution in [1.29, 1.82) is 0 Å². The van der Waals surface area contributed by atoms with Crippen LogP contribution < -0.4 is 10.6 Å². The molecule has 1 aliphatic heterocycles. The van der Waals surface area contributed by atoms with E-state index in [0.717, 1.165) is 19.5 Å². The van der Waals surface area contributed by atoms with Gasteiger partial charge in [0.15, 0.2) is 0 Å². The summed E-state index contributed by atoms with van der Waals surface area (Å²) in [5.74, 6) is -0.123. The van der Waals surface area contributed by atoms with Crippen LogP contribution in [0.1, 0.15) is 43.0 Å². The zero-order valence-corrected chi connectivity index (χ0v) is 13.2. The highest BCUT2D eigenvalue weighted by atomic mass is 16.2. The number of hydrogen-bond acceptors (Lipinski definition) is 3. The molecule has 0 aromatic heterocycles. The molecule has 2 amide bonds. The van der Waals surface area contributed by atoms with E-state index in [0.29, 0.717) is 24.3 Å². The lowest BCUT2D eigenvalue weighted by Gasteiger charge is -2.25. The Morgan fingerprint density at radius 2 is 1.95 bits per heavy atom. The number of benzene rings is 1. The first-order valence-electron chi connectivity index (χ1n) is 8.09. The Labute approximate surface area is 132 Å². The Hall–Kier alpha value is -1.88. The van der Waals surface area contributed by atoms with E-state index in [2.05, 4.69) is 15.5 Å². The molecule has 0 radical (unpaired) electrons. The van der Waals surface area contributed by atoms with Crippen molar-refractivity contribution < 1.29 is 9.59 Å². The summed E-state index contributed by atoms with van der Waals surface area (Å²) in [6.07, 6.45) is 4.49. The van der Waals surface area contributed by atoms with E-state index >= 15 is 0 Å². The Bertz CT molecular complexity index is 510. The average molecular weight is 303 g/mol. The molecular formula is C17H25N3O2. The standard InChI is InChI=1S/C17H25N3O2/c1-2-9-18-17(22)14-7-6-8-15(12-14)19-16(21)13-20-10-4-3-5-11-20/h6-8,12H,2-5,9-11,13H2,1H3,(H,18,22)(H,19,21). The monoisotopic (exact) mass is 303 g/mol. The van der Waals surface area contributed by atoms with Gasteiger partial charge in [-0.2, -0.15) is 0 Å². The first-order valence-corrected chi connectivity index (χ1v) is 8.09. The van der Waals surface area contributed by atoms with Gasteiger partial charge in [-0.3, -0.25) is 14.5 Å². The molecule has 0 aliphatic carbocycles. The third kappa shape index (κ3) is 5.15. The molecule has 1 saturated heterocycles. The molecule has 1 aromatic carbocycles. The fraction of sp³-hybridized carbons (Fsp3) is 0.529. The number of likely N-dealkylation sites (tertiary alicyclic amines) is 1. The van der Waals surface area contributed by atoms with Crippen LogP contribution in [0.2, 0.25) is 0 Å². The first kappa shape index (κ1) is 16.5. The third-order valence-corrected chi connectivity index (χ3v) is 3.76. The van der Waals surface area contributed by atoms with Crippen LogP contribution in [-0.2, 0) is 4.79 Å². The SMILES string of the molecule is CCCNC(=O)c1cccc(NC(=O)CN2CCCCC2)c1. The molecule has 22 heavy (non-hydrogen) atoms. The highest BCUT2D eigenvalue weighted by Gasteiger charge is 2.14. The molecule has 5 nitrogen and oxygen atoms in total. The van der Waals surface area contributed by atoms with Crippen LogP contribution in [-0.4, -0.2) is 42.9 Å². The van der Waals surface area contributed by atoms with Crippen molar-refractivity contribution in [2.75, 3.05) is 31.5 Å². The summed E-state index contributed by atoms with van der Waals surface area (Å²) in [4.78, 5) is 26.2. The van der Waals surface area contributed by atoms with Gasteiger partial charge in [-0.05, 0) is 50.6 Å². The minimum Gasteiger partial charge on any atom is -0.352 e. The summed E-state index contributed by atoms with van der Waals surface area (Å²) in [5, 5.41) is 5.71. The minimum absolute atomic E-state index is 0.0204. The van der Waals surface area contributed by atoms with Gasteiger partial charge in [0.2, 0.25) is 5.91 Å². The zero-order valence-electron chi connectivity index (χ0n) is 13.2. The van der Waals surface area contributed by atoms with Gasteiger partial charge in [0.05, 0.1) is 6.54 Å². The Morgan fingerprint density at radius 3 is 2.68 bits per heavy atom. The molecule has 0 unspecified atom stereocenters. The van der Waals surface area contributed by atoms with Gasteiger partial charge in [0.1, 0.15) is 0 Å². The molecule has 1 aliphatic rings. The summed E-state index contributed by atoms with van der Waals surface area (Å²) in [6.45, 7) is 5.08. The van der Waals surface area contributed by atoms with E-state index in [-0.39, 0.29) is 11.8 Å². The maximum atomic E-state index is 12.1. The zero-order chi connectivity index (χ0) is 15.8. The van der Waals surface area contributed by atoms with Crippen molar-refractivity contribution in [3.8, 4) is 0 Å². The summed E-state index contributed by atoms with van der Waals surface area (Å²) in [6, 6.07) is 7.08. The molecule has 120 valence electrons. The molecule has 0 atom stereocenters. The number of nitrogens with one attached hydrogen (secondary N) is 2. The van der Waals surface area contributed by atoms with Gasteiger partial charge in [-0.15, -0.1) is 0 Å². The number of hydrogen-bond donors (Lipinski definition) is 2. The highest BCUT2D eigenvalue weighted by Crippen LogP contribution is 2.12. The lowest BCUT2D eigenvalue weighted by atomic mass is 10.1. The largest absolute Gasteiger partial charge is 0.352 e. The Balaban J connectivity index is 1.88. The molecule has 2 N–H and O–H groups in total.